The van der Waals surface area contributed by atoms with Crippen LogP contribution in [0.25, 0.3) is 11.1 Å². The van der Waals surface area contributed by atoms with E-state index in [1.807, 2.05) is 25.9 Å². The zero-order valence-electron chi connectivity index (χ0n) is 20.0. The lowest BCUT2D eigenvalue weighted by Crippen LogP contribution is -2.34. The van der Waals surface area contributed by atoms with Gasteiger partial charge >= 0.3 is 0 Å². The molecule has 1 atom stereocenters. The summed E-state index contributed by atoms with van der Waals surface area (Å²) in [6.45, 7) is 9.10. The molecule has 7 heteroatoms. The van der Waals surface area contributed by atoms with Crippen molar-refractivity contribution < 1.29 is 0 Å². The van der Waals surface area contributed by atoms with E-state index in [0.29, 0.717) is 0 Å². The molecule has 0 radical (unpaired) electrons. The number of hydrazine groups is 3. The molecule has 2 aromatic carbocycles. The number of aryl methyl sites for hydroxylation is 2. The highest BCUT2D eigenvalue weighted by Crippen LogP contribution is 2.30. The van der Waals surface area contributed by atoms with E-state index in [0.717, 1.165) is 43.9 Å². The lowest BCUT2D eigenvalue weighted by molar-refractivity contribution is 0.224. The molecule has 3 aromatic rings. The minimum absolute atomic E-state index is 0.0599. The monoisotopic (exact) mass is 435 g/mol. The number of aromatic nitrogens is 3. The second kappa shape index (κ2) is 11.9. The number of benzene rings is 2. The Morgan fingerprint density at radius 2 is 1.75 bits per heavy atom. The Bertz CT molecular complexity index is 965. The fraction of sp³-hybridized carbons (Fsp3) is 0.440. The van der Waals surface area contributed by atoms with Crippen molar-refractivity contribution in [1.29, 1.82) is 0 Å². The van der Waals surface area contributed by atoms with E-state index in [1.54, 1.807) is 0 Å². The van der Waals surface area contributed by atoms with Crippen molar-refractivity contribution in [2.24, 2.45) is 0 Å². The van der Waals surface area contributed by atoms with Gasteiger partial charge < -0.3 is 0 Å². The second-order valence-corrected chi connectivity index (χ2v) is 7.74. The van der Waals surface area contributed by atoms with Crippen molar-refractivity contribution in [2.75, 3.05) is 7.05 Å². The van der Waals surface area contributed by atoms with Gasteiger partial charge in [-0.05, 0) is 28.7 Å². The number of rotatable bonds is 8. The van der Waals surface area contributed by atoms with Crippen molar-refractivity contribution in [2.45, 2.75) is 66.1 Å². The molecule has 1 unspecified atom stereocenters. The minimum Gasteiger partial charge on any atom is -0.245 e. The Labute approximate surface area is 192 Å². The molecule has 3 N–H and O–H groups in total. The van der Waals surface area contributed by atoms with E-state index in [4.69, 9.17) is 10.1 Å². The zero-order chi connectivity index (χ0) is 22.9. The molecule has 2 heterocycles. The average molecular weight is 436 g/mol. The highest BCUT2D eigenvalue weighted by molar-refractivity contribution is 5.68. The van der Waals surface area contributed by atoms with Gasteiger partial charge in [0.15, 0.2) is 5.82 Å². The van der Waals surface area contributed by atoms with E-state index in [9.17, 15) is 0 Å². The van der Waals surface area contributed by atoms with Gasteiger partial charge in [0.25, 0.3) is 0 Å². The van der Waals surface area contributed by atoms with Gasteiger partial charge in [-0.15, -0.1) is 0 Å². The van der Waals surface area contributed by atoms with Crippen LogP contribution in [-0.2, 0) is 19.4 Å². The van der Waals surface area contributed by atoms with Crippen LogP contribution in [0.5, 0.6) is 0 Å². The van der Waals surface area contributed by atoms with Gasteiger partial charge in [-0.25, -0.2) is 20.1 Å². The smallest absolute Gasteiger partial charge is 0.150 e. The van der Waals surface area contributed by atoms with E-state index < -0.39 is 0 Å². The van der Waals surface area contributed by atoms with Crippen LogP contribution in [0.1, 0.15) is 69.5 Å². The Morgan fingerprint density at radius 3 is 2.41 bits per heavy atom. The lowest BCUT2D eigenvalue weighted by atomic mass is 9.97. The highest BCUT2D eigenvalue weighted by atomic mass is 15.9. The molecule has 0 bridgehead atoms. The molecule has 172 valence electrons. The Kier molecular flexibility index (Phi) is 8.93. The second-order valence-electron chi connectivity index (χ2n) is 7.74. The molecule has 7 nitrogen and oxygen atoms in total. The summed E-state index contributed by atoms with van der Waals surface area (Å²) in [5.41, 5.74) is 14.2. The van der Waals surface area contributed by atoms with Gasteiger partial charge in [-0.1, -0.05) is 82.6 Å². The van der Waals surface area contributed by atoms with Gasteiger partial charge in [0, 0.05) is 19.9 Å². The number of nitrogens with zero attached hydrogens (tertiary/aromatic N) is 4. The van der Waals surface area contributed by atoms with Crippen LogP contribution < -0.4 is 16.5 Å². The highest BCUT2D eigenvalue weighted by Gasteiger charge is 2.24. The predicted molar refractivity (Wildman–Crippen MR) is 130 cm³/mol. The molecular weight excluding hydrogens is 398 g/mol. The van der Waals surface area contributed by atoms with Crippen LogP contribution in [0.3, 0.4) is 0 Å². The molecule has 1 saturated heterocycles. The Balaban J connectivity index is 0.00000141. The topological polar surface area (TPSA) is 70.0 Å². The Hall–Kier alpha value is -2.58. The van der Waals surface area contributed by atoms with E-state index in [2.05, 4.69) is 83.6 Å². The van der Waals surface area contributed by atoms with Crippen molar-refractivity contribution >= 4 is 0 Å². The molecule has 0 amide bonds. The van der Waals surface area contributed by atoms with E-state index >= 15 is 0 Å². The fourth-order valence-electron chi connectivity index (χ4n) is 3.85. The summed E-state index contributed by atoms with van der Waals surface area (Å²) in [6.07, 6.45) is 4.22. The molecule has 1 aliphatic rings. The molecule has 32 heavy (non-hydrogen) atoms. The summed E-state index contributed by atoms with van der Waals surface area (Å²) in [5.74, 6) is 2.03. The van der Waals surface area contributed by atoms with Crippen molar-refractivity contribution in [3.05, 3.63) is 71.3 Å². The maximum Gasteiger partial charge on any atom is 0.150 e. The van der Waals surface area contributed by atoms with Crippen LogP contribution >= 0.6 is 0 Å². The van der Waals surface area contributed by atoms with Crippen LogP contribution in [0.2, 0.25) is 0 Å². The number of unbranched alkanes of at least 4 members (excludes halogenated alkanes) is 1. The maximum atomic E-state index is 4.75. The first-order chi connectivity index (χ1) is 15.7. The molecule has 4 rings (SSSR count). The molecule has 1 fully saturated rings. The van der Waals surface area contributed by atoms with Crippen LogP contribution in [-0.4, -0.2) is 26.8 Å². The van der Waals surface area contributed by atoms with Gasteiger partial charge in [-0.2, -0.15) is 16.2 Å². The predicted octanol–water partition coefficient (Wildman–Crippen LogP) is 4.38. The van der Waals surface area contributed by atoms with E-state index in [-0.39, 0.29) is 6.17 Å². The first-order valence-electron chi connectivity index (χ1n) is 11.8. The quantitative estimate of drug-likeness (QED) is 0.488. The van der Waals surface area contributed by atoms with Crippen molar-refractivity contribution in [1.82, 2.24) is 36.3 Å². The fourth-order valence-corrected chi connectivity index (χ4v) is 3.85. The SMILES string of the molecule is CC.CCCCc1nc(CC)n(Cc2ccc(-c3ccccc3C3NNNN3C)cc2)n1. The third-order valence-electron chi connectivity index (χ3n) is 5.54. The number of hydrogen-bond acceptors (Lipinski definition) is 6. The first-order valence-corrected chi connectivity index (χ1v) is 11.8. The lowest BCUT2D eigenvalue weighted by Gasteiger charge is -2.20. The van der Waals surface area contributed by atoms with Crippen LogP contribution in [0.15, 0.2) is 48.5 Å². The van der Waals surface area contributed by atoms with Crippen molar-refractivity contribution in [3.63, 3.8) is 0 Å². The number of nitrogens with one attached hydrogen (secondary N) is 3. The largest absolute Gasteiger partial charge is 0.245 e. The molecule has 0 saturated carbocycles. The molecule has 1 aliphatic heterocycles. The normalized spacial score (nSPS) is 16.1. The average Bonchev–Trinajstić information content (AvgIpc) is 3.45. The minimum atomic E-state index is 0.0599. The molecule has 0 spiro atoms. The van der Waals surface area contributed by atoms with Crippen LogP contribution in [0, 0.1) is 0 Å². The third-order valence-corrected chi connectivity index (χ3v) is 5.54. The van der Waals surface area contributed by atoms with E-state index in [1.165, 1.54) is 22.3 Å². The van der Waals surface area contributed by atoms with Gasteiger partial charge in [0.1, 0.15) is 12.0 Å². The zero-order valence-corrected chi connectivity index (χ0v) is 20.0. The van der Waals surface area contributed by atoms with Crippen LogP contribution in [0.4, 0.5) is 0 Å². The van der Waals surface area contributed by atoms with Gasteiger partial charge in [0.05, 0.1) is 6.54 Å². The first kappa shape index (κ1) is 24.1. The van der Waals surface area contributed by atoms with Gasteiger partial charge in [-0.3, -0.25) is 0 Å². The molecule has 0 aliphatic carbocycles. The molecular formula is C25H37N7. The summed E-state index contributed by atoms with van der Waals surface area (Å²) in [7, 11) is 2.01. The van der Waals surface area contributed by atoms with Gasteiger partial charge in [0.2, 0.25) is 0 Å². The standard InChI is InChI=1S/C23H31N7.C2H6/c1-4-6-11-21-24-22(5-2)30(26-21)16-17-12-14-18(15-13-17)19-9-7-8-10-20(19)23-25-27-28-29(23)3;1-2/h7-10,12-15,23,25,27-28H,4-6,11,16H2,1-3H3;1-2H3. The molecule has 1 aromatic heterocycles. The summed E-state index contributed by atoms with van der Waals surface area (Å²) in [4.78, 5) is 4.72. The maximum absolute atomic E-state index is 4.75. The summed E-state index contributed by atoms with van der Waals surface area (Å²) in [6, 6.07) is 17.3. The van der Waals surface area contributed by atoms with Crippen molar-refractivity contribution in [3.8, 4) is 11.1 Å². The summed E-state index contributed by atoms with van der Waals surface area (Å²) >= 11 is 0. The summed E-state index contributed by atoms with van der Waals surface area (Å²) < 4.78 is 2.06. The number of hydrogen-bond donors (Lipinski definition) is 3. The summed E-state index contributed by atoms with van der Waals surface area (Å²) in [5, 5.41) is 6.76. The third kappa shape index (κ3) is 5.61. The Morgan fingerprint density at radius 1 is 1.00 bits per heavy atom.